The maximum atomic E-state index is 13.6. The molecule has 0 spiro atoms. The number of nitrogens with zero attached hydrogens (tertiary/aromatic N) is 4. The molecule has 202 valence electrons. The van der Waals surface area contributed by atoms with E-state index in [2.05, 4.69) is 0 Å². The number of piperidine rings is 1. The van der Waals surface area contributed by atoms with Gasteiger partial charge in [-0.3, -0.25) is 23.4 Å². The van der Waals surface area contributed by atoms with Crippen LogP contribution in [0, 0.1) is 12.8 Å². The number of hydrogen-bond acceptors (Lipinski definition) is 6. The number of carbonyl (C=O) groups excluding carboxylic acids is 2. The highest BCUT2D eigenvalue weighted by molar-refractivity contribution is 7.92. The smallest absolute Gasteiger partial charge is 0.309 e. The average Bonchev–Trinajstić information content (AvgIpc) is 3.15. The molecule has 11 heteroatoms. The van der Waals surface area contributed by atoms with Gasteiger partial charge in [0, 0.05) is 32.7 Å². The third-order valence-electron chi connectivity index (χ3n) is 6.98. The molecule has 4 rings (SSSR count). The van der Waals surface area contributed by atoms with Gasteiger partial charge in [-0.1, -0.05) is 24.3 Å². The first-order valence-corrected chi connectivity index (χ1v) is 13.9. The number of aromatic nitrogens is 2. The van der Waals surface area contributed by atoms with Crippen molar-refractivity contribution in [1.29, 1.82) is 0 Å². The second-order valence-electron chi connectivity index (χ2n) is 9.23. The topological polar surface area (TPSA) is 111 Å². The number of benzene rings is 2. The average molecular weight is 541 g/mol. The van der Waals surface area contributed by atoms with E-state index in [9.17, 15) is 22.8 Å². The Labute approximate surface area is 222 Å². The molecule has 3 aromatic rings. The summed E-state index contributed by atoms with van der Waals surface area (Å²) in [5.74, 6) is -0.805. The highest BCUT2D eigenvalue weighted by Crippen LogP contribution is 2.26. The van der Waals surface area contributed by atoms with Crippen LogP contribution in [-0.4, -0.2) is 61.3 Å². The van der Waals surface area contributed by atoms with Crippen LogP contribution >= 0.6 is 0 Å². The summed E-state index contributed by atoms with van der Waals surface area (Å²) >= 11 is 0. The number of esters is 1. The number of likely N-dealkylation sites (tertiary alicyclic amines) is 1. The molecule has 0 N–H and O–H groups in total. The van der Waals surface area contributed by atoms with E-state index in [-0.39, 0.29) is 33.9 Å². The second-order valence-corrected chi connectivity index (χ2v) is 11.2. The Bertz CT molecular complexity index is 1500. The summed E-state index contributed by atoms with van der Waals surface area (Å²) in [5, 5.41) is 0. The molecule has 2 heterocycles. The third-order valence-corrected chi connectivity index (χ3v) is 8.73. The van der Waals surface area contributed by atoms with Crippen molar-refractivity contribution in [2.24, 2.45) is 13.0 Å². The van der Waals surface area contributed by atoms with Gasteiger partial charge in [0.15, 0.2) is 0 Å². The van der Waals surface area contributed by atoms with E-state index in [4.69, 9.17) is 4.74 Å². The molecule has 0 unspecified atom stereocenters. The summed E-state index contributed by atoms with van der Waals surface area (Å²) in [6.07, 6.45) is 0.985. The van der Waals surface area contributed by atoms with E-state index in [1.807, 2.05) is 6.07 Å². The number of hydrogen-bond donors (Lipinski definition) is 0. The fourth-order valence-corrected chi connectivity index (χ4v) is 6.04. The molecule has 0 atom stereocenters. The molecule has 0 radical (unpaired) electrons. The minimum Gasteiger partial charge on any atom is -0.466 e. The zero-order valence-electron chi connectivity index (χ0n) is 22.0. The van der Waals surface area contributed by atoms with Gasteiger partial charge in [0.1, 0.15) is 5.69 Å². The Morgan fingerprint density at radius 3 is 2.34 bits per heavy atom. The Hall–Kier alpha value is -3.86. The lowest BCUT2D eigenvalue weighted by molar-refractivity contribution is -0.149. The number of carbonyl (C=O) groups is 2. The van der Waals surface area contributed by atoms with Crippen LogP contribution in [0.4, 0.5) is 5.69 Å². The van der Waals surface area contributed by atoms with Crippen LogP contribution < -0.4 is 9.86 Å². The Kier molecular flexibility index (Phi) is 7.77. The maximum absolute atomic E-state index is 13.6. The summed E-state index contributed by atoms with van der Waals surface area (Å²) in [6.45, 7) is 4.51. The van der Waals surface area contributed by atoms with E-state index in [1.165, 1.54) is 29.9 Å². The molecule has 1 amide bonds. The van der Waals surface area contributed by atoms with Crippen LogP contribution in [0.2, 0.25) is 0 Å². The van der Waals surface area contributed by atoms with Gasteiger partial charge in [0.05, 0.1) is 28.8 Å². The quantitative estimate of drug-likeness (QED) is 0.426. The first-order valence-electron chi connectivity index (χ1n) is 12.5. The number of para-hydroxylation sites is 1. The van der Waals surface area contributed by atoms with Crippen LogP contribution in [0.3, 0.4) is 0 Å². The molecule has 1 aliphatic rings. The fourth-order valence-electron chi connectivity index (χ4n) is 4.75. The van der Waals surface area contributed by atoms with E-state index in [0.29, 0.717) is 43.9 Å². The van der Waals surface area contributed by atoms with E-state index < -0.39 is 15.6 Å². The zero-order valence-corrected chi connectivity index (χ0v) is 22.8. The van der Waals surface area contributed by atoms with Gasteiger partial charge in [-0.25, -0.2) is 13.1 Å². The van der Waals surface area contributed by atoms with Crippen molar-refractivity contribution in [3.63, 3.8) is 0 Å². The van der Waals surface area contributed by atoms with Crippen LogP contribution in [0.5, 0.6) is 0 Å². The number of ether oxygens (including phenoxy) is 1. The second kappa shape index (κ2) is 10.9. The van der Waals surface area contributed by atoms with Crippen molar-refractivity contribution in [2.75, 3.05) is 31.0 Å². The number of rotatable bonds is 7. The zero-order chi connectivity index (χ0) is 27.6. The summed E-state index contributed by atoms with van der Waals surface area (Å²) in [6, 6.07) is 14.8. The van der Waals surface area contributed by atoms with Gasteiger partial charge in [-0.2, -0.15) is 0 Å². The summed E-state index contributed by atoms with van der Waals surface area (Å²) < 4.78 is 36.3. The van der Waals surface area contributed by atoms with Crippen LogP contribution in [-0.2, 0) is 26.6 Å². The normalized spacial score (nSPS) is 14.4. The maximum Gasteiger partial charge on any atom is 0.309 e. The van der Waals surface area contributed by atoms with Crippen molar-refractivity contribution in [1.82, 2.24) is 14.3 Å². The summed E-state index contributed by atoms with van der Waals surface area (Å²) in [7, 11) is -1.13. The minimum absolute atomic E-state index is 0.0223. The van der Waals surface area contributed by atoms with Gasteiger partial charge in [0.25, 0.3) is 21.5 Å². The first kappa shape index (κ1) is 27.2. The molecule has 0 aliphatic carbocycles. The van der Waals surface area contributed by atoms with Crippen molar-refractivity contribution in [3.05, 3.63) is 76.2 Å². The van der Waals surface area contributed by atoms with Crippen LogP contribution in [0.15, 0.2) is 64.3 Å². The number of amides is 1. The molecule has 0 saturated carbocycles. The standard InChI is InChI=1S/C27H32N4O6S/c1-5-37-27(34)20-14-16-30(17-15-20)25(32)21-10-9-13-23(18-21)38(35,36)29(4)24-19(2)28(3)31(26(24)33)22-11-7-6-8-12-22/h6-13,18,20H,5,14-17H2,1-4H3. The van der Waals surface area contributed by atoms with Gasteiger partial charge in [-0.05, 0) is 57.0 Å². The molecule has 1 saturated heterocycles. The molecule has 2 aromatic carbocycles. The van der Waals surface area contributed by atoms with E-state index in [1.54, 1.807) is 60.8 Å². The lowest BCUT2D eigenvalue weighted by atomic mass is 9.96. The van der Waals surface area contributed by atoms with E-state index >= 15 is 0 Å². The molecular formula is C27H32N4O6S. The van der Waals surface area contributed by atoms with Crippen molar-refractivity contribution >= 4 is 27.6 Å². The number of sulfonamides is 1. The summed E-state index contributed by atoms with van der Waals surface area (Å²) in [4.78, 5) is 40.1. The highest BCUT2D eigenvalue weighted by atomic mass is 32.2. The van der Waals surface area contributed by atoms with Gasteiger partial charge in [-0.15, -0.1) is 0 Å². The Morgan fingerprint density at radius 1 is 1.05 bits per heavy atom. The molecule has 1 aliphatic heterocycles. The van der Waals surface area contributed by atoms with E-state index in [0.717, 1.165) is 4.31 Å². The first-order chi connectivity index (χ1) is 18.1. The third kappa shape index (κ3) is 4.98. The predicted molar refractivity (Wildman–Crippen MR) is 143 cm³/mol. The molecular weight excluding hydrogens is 508 g/mol. The molecule has 38 heavy (non-hydrogen) atoms. The number of anilines is 1. The van der Waals surface area contributed by atoms with Crippen molar-refractivity contribution in [2.45, 2.75) is 31.6 Å². The molecule has 0 bridgehead atoms. The highest BCUT2D eigenvalue weighted by Gasteiger charge is 2.31. The Balaban J connectivity index is 1.59. The minimum atomic E-state index is -4.16. The summed E-state index contributed by atoms with van der Waals surface area (Å²) in [5.41, 5.74) is 0.856. The Morgan fingerprint density at radius 2 is 1.71 bits per heavy atom. The lowest BCUT2D eigenvalue weighted by Gasteiger charge is -2.31. The predicted octanol–water partition coefficient (Wildman–Crippen LogP) is 2.72. The fraction of sp³-hybridized carbons (Fsp3) is 0.370. The van der Waals surface area contributed by atoms with Crippen molar-refractivity contribution < 1.29 is 22.7 Å². The SMILES string of the molecule is CCOC(=O)C1CCN(C(=O)c2cccc(S(=O)(=O)N(C)c3c(C)n(C)n(-c4ccccc4)c3=O)c2)CC1. The molecule has 1 aromatic heterocycles. The van der Waals surface area contributed by atoms with Crippen LogP contribution in [0.1, 0.15) is 35.8 Å². The van der Waals surface area contributed by atoms with Crippen LogP contribution in [0.25, 0.3) is 5.69 Å². The molecule has 10 nitrogen and oxygen atoms in total. The monoisotopic (exact) mass is 540 g/mol. The lowest BCUT2D eigenvalue weighted by Crippen LogP contribution is -2.40. The van der Waals surface area contributed by atoms with Gasteiger partial charge >= 0.3 is 5.97 Å². The largest absolute Gasteiger partial charge is 0.466 e. The molecule has 1 fully saturated rings. The van der Waals surface area contributed by atoms with Gasteiger partial charge < -0.3 is 9.64 Å². The van der Waals surface area contributed by atoms with Gasteiger partial charge in [0.2, 0.25) is 0 Å². The van der Waals surface area contributed by atoms with Crippen molar-refractivity contribution in [3.8, 4) is 5.69 Å².